The second kappa shape index (κ2) is 7.52. The van der Waals surface area contributed by atoms with Gasteiger partial charge in [0.15, 0.2) is 0 Å². The molecule has 25 heavy (non-hydrogen) atoms. The Hall–Kier alpha value is -1.95. The molecule has 3 heterocycles. The molecule has 0 radical (unpaired) electrons. The lowest BCUT2D eigenvalue weighted by molar-refractivity contribution is -0.136. The molecule has 2 saturated heterocycles. The Morgan fingerprint density at radius 3 is 2.68 bits per heavy atom. The molecular weight excluding hydrogens is 316 g/mol. The Bertz CT molecular complexity index is 621. The zero-order chi connectivity index (χ0) is 17.9. The van der Waals surface area contributed by atoms with Crippen LogP contribution in [0.1, 0.15) is 31.2 Å². The van der Waals surface area contributed by atoms with Crippen LogP contribution in [0.25, 0.3) is 0 Å². The van der Waals surface area contributed by atoms with E-state index in [9.17, 15) is 9.59 Å². The van der Waals surface area contributed by atoms with E-state index < -0.39 is 0 Å². The van der Waals surface area contributed by atoms with Crippen LogP contribution in [0.15, 0.2) is 24.5 Å². The summed E-state index contributed by atoms with van der Waals surface area (Å²) in [5.41, 5.74) is 1.08. The minimum Gasteiger partial charge on any atom is -0.346 e. The third kappa shape index (κ3) is 4.00. The third-order valence-corrected chi connectivity index (χ3v) is 5.87. The first-order valence-electron chi connectivity index (χ1n) is 9.12. The molecule has 136 valence electrons. The van der Waals surface area contributed by atoms with Gasteiger partial charge in [-0.15, -0.1) is 0 Å². The number of carbonyl (C=O) groups is 2. The lowest BCUT2D eigenvalue weighted by Gasteiger charge is -2.49. The molecule has 1 aromatic heterocycles. The van der Waals surface area contributed by atoms with Crippen molar-refractivity contribution >= 4 is 11.8 Å². The molecule has 2 amide bonds. The summed E-state index contributed by atoms with van der Waals surface area (Å²) in [4.78, 5) is 35.0. The molecule has 0 aliphatic carbocycles. The van der Waals surface area contributed by atoms with Gasteiger partial charge in [0.25, 0.3) is 0 Å². The summed E-state index contributed by atoms with van der Waals surface area (Å²) in [6, 6.07) is 3.93. The fourth-order valence-corrected chi connectivity index (χ4v) is 3.93. The van der Waals surface area contributed by atoms with E-state index in [0.29, 0.717) is 12.8 Å². The number of pyridine rings is 1. The number of hydrogen-bond donors (Lipinski definition) is 0. The van der Waals surface area contributed by atoms with Crippen molar-refractivity contribution < 1.29 is 9.59 Å². The average Bonchev–Trinajstić information content (AvgIpc) is 2.77. The van der Waals surface area contributed by atoms with Gasteiger partial charge in [-0.2, -0.15) is 0 Å². The number of aryl methyl sites for hydroxylation is 1. The van der Waals surface area contributed by atoms with Gasteiger partial charge in [-0.25, -0.2) is 0 Å². The highest BCUT2D eigenvalue weighted by atomic mass is 16.2. The molecule has 1 aromatic rings. The molecule has 2 aliphatic heterocycles. The smallest absolute Gasteiger partial charge is 0.223 e. The maximum atomic E-state index is 12.7. The topological polar surface area (TPSA) is 56.8 Å². The highest BCUT2D eigenvalue weighted by molar-refractivity contribution is 5.77. The van der Waals surface area contributed by atoms with Gasteiger partial charge in [0.2, 0.25) is 11.8 Å². The molecule has 2 aliphatic rings. The minimum atomic E-state index is -0.0645. The third-order valence-electron chi connectivity index (χ3n) is 5.87. The van der Waals surface area contributed by atoms with Gasteiger partial charge < -0.3 is 9.80 Å². The summed E-state index contributed by atoms with van der Waals surface area (Å²) in [5.74, 6) is 0.430. The summed E-state index contributed by atoms with van der Waals surface area (Å²) >= 11 is 0. The van der Waals surface area contributed by atoms with E-state index in [-0.39, 0.29) is 17.4 Å². The highest BCUT2D eigenvalue weighted by Gasteiger charge is 2.42. The summed E-state index contributed by atoms with van der Waals surface area (Å²) in [7, 11) is 4.01. The Balaban J connectivity index is 1.63. The van der Waals surface area contributed by atoms with Crippen LogP contribution in [0.4, 0.5) is 0 Å². The van der Waals surface area contributed by atoms with Crippen molar-refractivity contribution in [3.63, 3.8) is 0 Å². The first kappa shape index (κ1) is 17.9. The standard InChI is InChI=1S/C19H28N4O2/c1-21-12-9-19(8-5-17(21)24)15-23(14-13-22(19)2)18(25)4-3-16-6-10-20-11-7-16/h6-7,10-11H,3-5,8-9,12-15H2,1-2H3. The number of nitrogens with zero attached hydrogens (tertiary/aromatic N) is 4. The van der Waals surface area contributed by atoms with E-state index in [2.05, 4.69) is 16.9 Å². The van der Waals surface area contributed by atoms with Crippen LogP contribution >= 0.6 is 0 Å². The summed E-state index contributed by atoms with van der Waals surface area (Å²) in [6.07, 6.45) is 7.15. The number of carbonyl (C=O) groups excluding carboxylic acids is 2. The number of hydrogen-bond acceptors (Lipinski definition) is 4. The van der Waals surface area contributed by atoms with Gasteiger partial charge in [0, 0.05) is 64.0 Å². The molecule has 1 unspecified atom stereocenters. The van der Waals surface area contributed by atoms with Gasteiger partial charge in [0.1, 0.15) is 0 Å². The number of aromatic nitrogens is 1. The maximum Gasteiger partial charge on any atom is 0.223 e. The Kier molecular flexibility index (Phi) is 5.37. The monoisotopic (exact) mass is 344 g/mol. The van der Waals surface area contributed by atoms with Crippen molar-refractivity contribution in [3.8, 4) is 0 Å². The molecule has 2 fully saturated rings. The van der Waals surface area contributed by atoms with E-state index in [1.54, 1.807) is 12.4 Å². The zero-order valence-electron chi connectivity index (χ0n) is 15.3. The van der Waals surface area contributed by atoms with Crippen molar-refractivity contribution in [1.29, 1.82) is 0 Å². The average molecular weight is 344 g/mol. The molecule has 0 bridgehead atoms. The molecule has 0 aromatic carbocycles. The Morgan fingerprint density at radius 1 is 1.16 bits per heavy atom. The highest BCUT2D eigenvalue weighted by Crippen LogP contribution is 2.32. The molecule has 6 nitrogen and oxygen atoms in total. The predicted octanol–water partition coefficient (Wildman–Crippen LogP) is 1.17. The number of amides is 2. The van der Waals surface area contributed by atoms with Gasteiger partial charge in [-0.1, -0.05) is 0 Å². The molecular formula is C19H28N4O2. The second-order valence-corrected chi connectivity index (χ2v) is 7.38. The van der Waals surface area contributed by atoms with Gasteiger partial charge in [0.05, 0.1) is 0 Å². The molecule has 1 atom stereocenters. The van der Waals surface area contributed by atoms with Crippen LogP contribution in [0, 0.1) is 0 Å². The quantitative estimate of drug-likeness (QED) is 0.826. The van der Waals surface area contributed by atoms with Crippen molar-refractivity contribution in [2.24, 2.45) is 0 Å². The first-order chi connectivity index (χ1) is 12.0. The van der Waals surface area contributed by atoms with Crippen molar-refractivity contribution in [3.05, 3.63) is 30.1 Å². The lowest BCUT2D eigenvalue weighted by Crippen LogP contribution is -2.62. The summed E-state index contributed by atoms with van der Waals surface area (Å²) < 4.78 is 0. The van der Waals surface area contributed by atoms with Crippen LogP contribution in [-0.4, -0.2) is 77.3 Å². The zero-order valence-corrected chi connectivity index (χ0v) is 15.3. The number of likely N-dealkylation sites (N-methyl/N-ethyl adjacent to an activating group) is 1. The molecule has 0 N–H and O–H groups in total. The van der Waals surface area contributed by atoms with E-state index >= 15 is 0 Å². The van der Waals surface area contributed by atoms with E-state index in [0.717, 1.165) is 51.0 Å². The SMILES string of the molecule is CN1CCC2(CCC1=O)CN(C(=O)CCc1ccncc1)CCN2C. The number of likely N-dealkylation sites (tertiary alicyclic amines) is 1. The predicted molar refractivity (Wildman–Crippen MR) is 96.0 cm³/mol. The van der Waals surface area contributed by atoms with Crippen LogP contribution in [0.5, 0.6) is 0 Å². The van der Waals surface area contributed by atoms with E-state index in [4.69, 9.17) is 0 Å². The fraction of sp³-hybridized carbons (Fsp3) is 0.632. The van der Waals surface area contributed by atoms with E-state index in [1.165, 1.54) is 0 Å². The largest absolute Gasteiger partial charge is 0.346 e. The van der Waals surface area contributed by atoms with Crippen molar-refractivity contribution in [2.45, 2.75) is 37.6 Å². The second-order valence-electron chi connectivity index (χ2n) is 7.38. The lowest BCUT2D eigenvalue weighted by atomic mass is 9.86. The minimum absolute atomic E-state index is 0.0645. The van der Waals surface area contributed by atoms with Crippen LogP contribution in [0.3, 0.4) is 0 Å². The van der Waals surface area contributed by atoms with Gasteiger partial charge in [-0.05, 0) is 44.0 Å². The maximum absolute atomic E-state index is 12.7. The molecule has 6 heteroatoms. The van der Waals surface area contributed by atoms with Gasteiger partial charge >= 0.3 is 0 Å². The Labute approximate surface area is 149 Å². The van der Waals surface area contributed by atoms with Gasteiger partial charge in [-0.3, -0.25) is 19.5 Å². The number of rotatable bonds is 3. The molecule has 3 rings (SSSR count). The first-order valence-corrected chi connectivity index (χ1v) is 9.12. The van der Waals surface area contributed by atoms with Crippen LogP contribution in [0.2, 0.25) is 0 Å². The number of piperazine rings is 1. The Morgan fingerprint density at radius 2 is 1.92 bits per heavy atom. The summed E-state index contributed by atoms with van der Waals surface area (Å²) in [5, 5.41) is 0. The fourth-order valence-electron chi connectivity index (χ4n) is 3.93. The van der Waals surface area contributed by atoms with Crippen LogP contribution in [-0.2, 0) is 16.0 Å². The normalized spacial score (nSPS) is 25.3. The van der Waals surface area contributed by atoms with E-state index in [1.807, 2.05) is 29.0 Å². The summed E-state index contributed by atoms with van der Waals surface area (Å²) in [6.45, 7) is 3.15. The van der Waals surface area contributed by atoms with Crippen LogP contribution < -0.4 is 0 Å². The molecule has 1 spiro atoms. The molecule has 0 saturated carbocycles. The van der Waals surface area contributed by atoms with Crippen molar-refractivity contribution in [1.82, 2.24) is 19.7 Å². The van der Waals surface area contributed by atoms with Crippen molar-refractivity contribution in [2.75, 3.05) is 40.3 Å².